The second kappa shape index (κ2) is 10.2. The van der Waals surface area contributed by atoms with Gasteiger partial charge in [-0.3, -0.25) is 9.69 Å². The third-order valence-electron chi connectivity index (χ3n) is 5.95. The molecule has 1 fully saturated rings. The van der Waals surface area contributed by atoms with Gasteiger partial charge in [0, 0.05) is 32.6 Å². The summed E-state index contributed by atoms with van der Waals surface area (Å²) in [4.78, 5) is 17.9. The van der Waals surface area contributed by atoms with Gasteiger partial charge in [-0.2, -0.15) is 0 Å². The zero-order valence-corrected chi connectivity index (χ0v) is 18.8. The number of benzene rings is 2. The Bertz CT molecular complexity index is 868. The highest BCUT2D eigenvalue weighted by Gasteiger charge is 2.31. The zero-order chi connectivity index (χ0) is 21.6. The van der Waals surface area contributed by atoms with Gasteiger partial charge in [0.2, 0.25) is 5.91 Å². The van der Waals surface area contributed by atoms with E-state index < -0.39 is 0 Å². The van der Waals surface area contributed by atoms with Crippen molar-refractivity contribution in [1.82, 2.24) is 9.80 Å². The molecule has 2 aromatic rings. The standard InChI is InChI=1S/C26H34N2O3/c1-20(2)16-28(18-22-9-10-24-25(15-22)31-14-6-13-30-24)26(29)23-11-12-27(19-23)17-21-7-4-3-5-8-21/h3-5,7-10,15,20,23H,6,11-14,16-19H2,1-2H3/t23-/m0/s1. The number of ether oxygens (including phenoxy) is 2. The van der Waals surface area contributed by atoms with E-state index in [1.807, 2.05) is 23.1 Å². The summed E-state index contributed by atoms with van der Waals surface area (Å²) in [6.07, 6.45) is 1.82. The minimum atomic E-state index is 0.0721. The fraction of sp³-hybridized carbons (Fsp3) is 0.500. The highest BCUT2D eigenvalue weighted by atomic mass is 16.5. The summed E-state index contributed by atoms with van der Waals surface area (Å²) in [6, 6.07) is 16.6. The number of rotatable bonds is 7. The molecule has 5 nitrogen and oxygen atoms in total. The van der Waals surface area contributed by atoms with Crippen LogP contribution in [-0.4, -0.2) is 48.6 Å². The number of hydrogen-bond donors (Lipinski definition) is 0. The van der Waals surface area contributed by atoms with Crippen LogP contribution in [0.4, 0.5) is 0 Å². The van der Waals surface area contributed by atoms with Crippen LogP contribution in [0.15, 0.2) is 48.5 Å². The molecular formula is C26H34N2O3. The van der Waals surface area contributed by atoms with E-state index in [-0.39, 0.29) is 11.8 Å². The van der Waals surface area contributed by atoms with Gasteiger partial charge in [0.15, 0.2) is 11.5 Å². The van der Waals surface area contributed by atoms with Gasteiger partial charge in [-0.25, -0.2) is 0 Å². The molecule has 0 aliphatic carbocycles. The summed E-state index contributed by atoms with van der Waals surface area (Å²) in [5.41, 5.74) is 2.40. The molecule has 1 amide bonds. The monoisotopic (exact) mass is 422 g/mol. The molecule has 2 aliphatic heterocycles. The van der Waals surface area contributed by atoms with Crippen molar-refractivity contribution in [3.05, 3.63) is 59.7 Å². The fourth-order valence-electron chi connectivity index (χ4n) is 4.48. The Hall–Kier alpha value is -2.53. The summed E-state index contributed by atoms with van der Waals surface area (Å²) in [5.74, 6) is 2.36. The lowest BCUT2D eigenvalue weighted by molar-refractivity contribution is -0.136. The number of carbonyl (C=O) groups is 1. The van der Waals surface area contributed by atoms with Gasteiger partial charge in [-0.15, -0.1) is 0 Å². The largest absolute Gasteiger partial charge is 0.490 e. The van der Waals surface area contributed by atoms with Crippen LogP contribution in [0.5, 0.6) is 11.5 Å². The summed E-state index contributed by atoms with van der Waals surface area (Å²) in [5, 5.41) is 0. The molecular weight excluding hydrogens is 388 g/mol. The minimum Gasteiger partial charge on any atom is -0.490 e. The van der Waals surface area contributed by atoms with Gasteiger partial charge >= 0.3 is 0 Å². The van der Waals surface area contributed by atoms with Gasteiger partial charge < -0.3 is 14.4 Å². The molecule has 1 atom stereocenters. The third-order valence-corrected chi connectivity index (χ3v) is 5.95. The smallest absolute Gasteiger partial charge is 0.227 e. The van der Waals surface area contributed by atoms with Crippen LogP contribution in [0, 0.1) is 11.8 Å². The van der Waals surface area contributed by atoms with Gasteiger partial charge in [0.25, 0.3) is 0 Å². The van der Waals surface area contributed by atoms with Crippen molar-refractivity contribution < 1.29 is 14.3 Å². The van der Waals surface area contributed by atoms with Gasteiger partial charge in [0.1, 0.15) is 0 Å². The molecule has 0 N–H and O–H groups in total. The predicted octanol–water partition coefficient (Wildman–Crippen LogP) is 4.35. The van der Waals surface area contributed by atoms with Crippen molar-refractivity contribution in [3.63, 3.8) is 0 Å². The third kappa shape index (κ3) is 5.79. The Morgan fingerprint density at radius 3 is 2.61 bits per heavy atom. The maximum absolute atomic E-state index is 13.5. The first-order valence-electron chi connectivity index (χ1n) is 11.5. The molecule has 0 radical (unpaired) electrons. The van der Waals surface area contributed by atoms with E-state index in [1.165, 1.54) is 5.56 Å². The lowest BCUT2D eigenvalue weighted by Gasteiger charge is -2.28. The number of amides is 1. The van der Waals surface area contributed by atoms with Crippen molar-refractivity contribution in [3.8, 4) is 11.5 Å². The lowest BCUT2D eigenvalue weighted by atomic mass is 10.0. The molecule has 0 unspecified atom stereocenters. The van der Waals surface area contributed by atoms with E-state index in [2.05, 4.69) is 49.1 Å². The molecule has 166 valence electrons. The van der Waals surface area contributed by atoms with E-state index in [9.17, 15) is 4.79 Å². The predicted molar refractivity (Wildman–Crippen MR) is 122 cm³/mol. The Kier molecular flexibility index (Phi) is 7.13. The normalized spacial score (nSPS) is 18.7. The van der Waals surface area contributed by atoms with Crippen molar-refractivity contribution >= 4 is 5.91 Å². The van der Waals surface area contributed by atoms with Crippen molar-refractivity contribution in [1.29, 1.82) is 0 Å². The van der Waals surface area contributed by atoms with Gasteiger partial charge in [-0.05, 0) is 42.1 Å². The van der Waals surface area contributed by atoms with Gasteiger partial charge in [0.05, 0.1) is 19.1 Å². The first-order valence-corrected chi connectivity index (χ1v) is 11.5. The topological polar surface area (TPSA) is 42.0 Å². The lowest BCUT2D eigenvalue weighted by Crippen LogP contribution is -2.39. The van der Waals surface area contributed by atoms with Crippen molar-refractivity contribution in [2.45, 2.75) is 39.8 Å². The second-order valence-corrected chi connectivity index (χ2v) is 9.15. The quantitative estimate of drug-likeness (QED) is 0.665. The van der Waals surface area contributed by atoms with E-state index in [1.54, 1.807) is 0 Å². The summed E-state index contributed by atoms with van der Waals surface area (Å²) < 4.78 is 11.6. The van der Waals surface area contributed by atoms with Crippen LogP contribution in [0.1, 0.15) is 37.8 Å². The number of fused-ring (bicyclic) bond motifs is 1. The minimum absolute atomic E-state index is 0.0721. The zero-order valence-electron chi connectivity index (χ0n) is 18.8. The summed E-state index contributed by atoms with van der Waals surface area (Å²) in [7, 11) is 0. The molecule has 2 heterocycles. The second-order valence-electron chi connectivity index (χ2n) is 9.15. The average molecular weight is 423 g/mol. The number of hydrogen-bond acceptors (Lipinski definition) is 4. The van der Waals surface area contributed by atoms with E-state index >= 15 is 0 Å². The van der Waals surface area contributed by atoms with Gasteiger partial charge in [-0.1, -0.05) is 50.2 Å². The average Bonchev–Trinajstić information content (AvgIpc) is 3.09. The van der Waals surface area contributed by atoms with Crippen LogP contribution in [0.2, 0.25) is 0 Å². The highest BCUT2D eigenvalue weighted by Crippen LogP contribution is 2.31. The van der Waals surface area contributed by atoms with E-state index in [0.717, 1.165) is 56.1 Å². The first-order chi connectivity index (χ1) is 15.1. The maximum atomic E-state index is 13.5. The fourth-order valence-corrected chi connectivity index (χ4v) is 4.48. The van der Waals surface area contributed by atoms with Crippen LogP contribution >= 0.6 is 0 Å². The molecule has 4 rings (SSSR count). The molecule has 31 heavy (non-hydrogen) atoms. The number of likely N-dealkylation sites (tertiary alicyclic amines) is 1. The first kappa shape index (κ1) is 21.7. The Morgan fingerprint density at radius 2 is 1.84 bits per heavy atom. The Balaban J connectivity index is 1.41. The van der Waals surface area contributed by atoms with E-state index in [0.29, 0.717) is 25.7 Å². The van der Waals surface area contributed by atoms with E-state index in [4.69, 9.17) is 9.47 Å². The Morgan fingerprint density at radius 1 is 1.06 bits per heavy atom. The molecule has 0 spiro atoms. The highest BCUT2D eigenvalue weighted by molar-refractivity contribution is 5.79. The number of nitrogens with zero attached hydrogens (tertiary/aromatic N) is 2. The summed E-state index contributed by atoms with van der Waals surface area (Å²) >= 11 is 0. The molecule has 2 aromatic carbocycles. The molecule has 0 aromatic heterocycles. The molecule has 0 bridgehead atoms. The SMILES string of the molecule is CC(C)CN(Cc1ccc2c(c1)OCCCO2)C(=O)[C@H]1CCN(Cc2ccccc2)C1. The number of carbonyl (C=O) groups excluding carboxylic acids is 1. The van der Waals surface area contributed by atoms with Crippen LogP contribution in [0.3, 0.4) is 0 Å². The van der Waals surface area contributed by atoms with Crippen LogP contribution in [-0.2, 0) is 17.9 Å². The van der Waals surface area contributed by atoms with Crippen LogP contribution < -0.4 is 9.47 Å². The molecule has 1 saturated heterocycles. The van der Waals surface area contributed by atoms with Crippen molar-refractivity contribution in [2.24, 2.45) is 11.8 Å². The molecule has 2 aliphatic rings. The van der Waals surface area contributed by atoms with Crippen molar-refractivity contribution in [2.75, 3.05) is 32.8 Å². The van der Waals surface area contributed by atoms with Crippen LogP contribution in [0.25, 0.3) is 0 Å². The summed E-state index contributed by atoms with van der Waals surface area (Å²) in [6.45, 7) is 9.81. The molecule has 0 saturated carbocycles. The Labute approximate surface area is 185 Å². The maximum Gasteiger partial charge on any atom is 0.227 e. The molecule has 5 heteroatoms.